The molecule has 9 heteroatoms. The van der Waals surface area contributed by atoms with E-state index in [-0.39, 0.29) is 5.92 Å². The number of esters is 1. The van der Waals surface area contributed by atoms with Crippen LogP contribution in [0.3, 0.4) is 0 Å². The van der Waals surface area contributed by atoms with Crippen LogP contribution in [0.1, 0.15) is 19.4 Å². The first kappa shape index (κ1) is 19.0. The third kappa shape index (κ3) is 3.27. The highest BCUT2D eigenvalue weighted by molar-refractivity contribution is 5.85. The Labute approximate surface area is 141 Å². The molecule has 0 bridgehead atoms. The number of methoxy groups -OCH3 is 1. The lowest BCUT2D eigenvalue weighted by Crippen LogP contribution is -2.14. The van der Waals surface area contributed by atoms with Gasteiger partial charge in [-0.25, -0.2) is 8.78 Å². The number of hydrogen-bond donors (Lipinski definition) is 0. The van der Waals surface area contributed by atoms with Crippen molar-refractivity contribution in [2.45, 2.75) is 20.5 Å². The van der Waals surface area contributed by atoms with Crippen molar-refractivity contribution in [1.29, 1.82) is 0 Å². The van der Waals surface area contributed by atoms with Gasteiger partial charge >= 0.3 is 5.97 Å². The molecule has 2 unspecified atom stereocenters. The first-order valence-corrected chi connectivity index (χ1v) is 7.30. The van der Waals surface area contributed by atoms with Gasteiger partial charge in [-0.1, -0.05) is 19.0 Å². The molecule has 138 valence electrons. The maximum Gasteiger partial charge on any atom is 0.310 e. The number of ether oxygens (including phenoxy) is 2. The van der Waals surface area contributed by atoms with Crippen molar-refractivity contribution in [3.63, 3.8) is 0 Å². The van der Waals surface area contributed by atoms with E-state index in [1.165, 1.54) is 13.3 Å². The van der Waals surface area contributed by atoms with E-state index in [1.807, 2.05) is 0 Å². The number of carbonyl (C=O) groups excluding carboxylic acids is 1. The molecule has 1 aromatic rings. The molecule has 1 aromatic carbocycles. The standard InChI is InChI=1S/C16H17F4NO4/c1-16(2)8(5-21-24-4)9(16)15(22)25-6-7-10(17)12(19)14(23-3)13(20)11(7)18/h5,8-9H,6H2,1-4H3/b21-5+. The molecule has 0 spiro atoms. The molecule has 1 fully saturated rings. The molecule has 2 atom stereocenters. The van der Waals surface area contributed by atoms with E-state index in [9.17, 15) is 22.4 Å². The van der Waals surface area contributed by atoms with Crippen molar-refractivity contribution in [2.24, 2.45) is 22.4 Å². The van der Waals surface area contributed by atoms with E-state index in [2.05, 4.69) is 14.7 Å². The van der Waals surface area contributed by atoms with Gasteiger partial charge in [0.2, 0.25) is 11.6 Å². The average Bonchev–Trinajstić information content (AvgIpc) is 3.12. The van der Waals surface area contributed by atoms with Crippen LogP contribution in [0.15, 0.2) is 5.16 Å². The molecule has 2 rings (SSSR count). The number of oxime groups is 1. The van der Waals surface area contributed by atoms with Gasteiger partial charge in [-0.3, -0.25) is 4.79 Å². The minimum absolute atomic E-state index is 0.279. The first-order chi connectivity index (χ1) is 11.7. The Morgan fingerprint density at radius 2 is 1.68 bits per heavy atom. The number of rotatable bonds is 6. The molecule has 0 radical (unpaired) electrons. The van der Waals surface area contributed by atoms with Crippen molar-refractivity contribution in [1.82, 2.24) is 0 Å². The number of halogens is 4. The van der Waals surface area contributed by atoms with E-state index in [1.54, 1.807) is 13.8 Å². The highest BCUT2D eigenvalue weighted by Crippen LogP contribution is 2.57. The Kier molecular flexibility index (Phi) is 5.24. The largest absolute Gasteiger partial charge is 0.491 e. The number of carbonyl (C=O) groups is 1. The molecule has 0 aliphatic heterocycles. The van der Waals surface area contributed by atoms with E-state index >= 15 is 0 Å². The second-order valence-electron chi connectivity index (χ2n) is 6.14. The lowest BCUT2D eigenvalue weighted by molar-refractivity contribution is -0.147. The third-order valence-corrected chi connectivity index (χ3v) is 4.37. The lowest BCUT2D eigenvalue weighted by atomic mass is 10.1. The van der Waals surface area contributed by atoms with Crippen molar-refractivity contribution >= 4 is 12.2 Å². The molecular formula is C16H17F4NO4. The van der Waals surface area contributed by atoms with Crippen LogP contribution in [0.5, 0.6) is 5.75 Å². The summed E-state index contributed by atoms with van der Waals surface area (Å²) in [5.74, 6) is -9.54. The van der Waals surface area contributed by atoms with Gasteiger partial charge in [0.25, 0.3) is 0 Å². The molecule has 1 aliphatic rings. The maximum atomic E-state index is 13.9. The molecule has 0 heterocycles. The van der Waals surface area contributed by atoms with Crippen molar-refractivity contribution in [3.05, 3.63) is 28.8 Å². The molecule has 1 saturated carbocycles. The average molecular weight is 363 g/mol. The second kappa shape index (κ2) is 6.89. The predicted octanol–water partition coefficient (Wildman–Crippen LogP) is 3.20. The summed E-state index contributed by atoms with van der Waals surface area (Å²) in [7, 11) is 2.22. The lowest BCUT2D eigenvalue weighted by Gasteiger charge is -2.11. The topological polar surface area (TPSA) is 57.1 Å². The Hall–Kier alpha value is -2.32. The number of hydrogen-bond acceptors (Lipinski definition) is 5. The fourth-order valence-electron chi connectivity index (χ4n) is 2.73. The van der Waals surface area contributed by atoms with Crippen LogP contribution in [0.4, 0.5) is 17.6 Å². The van der Waals surface area contributed by atoms with Crippen molar-refractivity contribution in [3.8, 4) is 5.75 Å². The van der Waals surface area contributed by atoms with Crippen LogP contribution in [0.2, 0.25) is 0 Å². The van der Waals surface area contributed by atoms with Crippen LogP contribution in [-0.4, -0.2) is 26.4 Å². The van der Waals surface area contributed by atoms with Crippen molar-refractivity contribution < 1.29 is 36.7 Å². The highest BCUT2D eigenvalue weighted by atomic mass is 19.2. The third-order valence-electron chi connectivity index (χ3n) is 4.37. The quantitative estimate of drug-likeness (QED) is 0.256. The van der Waals surface area contributed by atoms with E-state index in [4.69, 9.17) is 4.74 Å². The van der Waals surface area contributed by atoms with Gasteiger partial charge in [-0.15, -0.1) is 0 Å². The Morgan fingerprint density at radius 1 is 1.12 bits per heavy atom. The van der Waals surface area contributed by atoms with Gasteiger partial charge in [0, 0.05) is 12.1 Å². The van der Waals surface area contributed by atoms with Gasteiger partial charge < -0.3 is 14.3 Å². The zero-order chi connectivity index (χ0) is 18.9. The molecule has 25 heavy (non-hydrogen) atoms. The van der Waals surface area contributed by atoms with Crippen LogP contribution in [0, 0.1) is 40.5 Å². The monoisotopic (exact) mass is 363 g/mol. The van der Waals surface area contributed by atoms with Gasteiger partial charge in [-0.05, 0) is 5.41 Å². The van der Waals surface area contributed by atoms with Gasteiger partial charge in [-0.2, -0.15) is 8.78 Å². The highest BCUT2D eigenvalue weighted by Gasteiger charge is 2.62. The van der Waals surface area contributed by atoms with E-state index in [0.717, 1.165) is 7.11 Å². The normalized spacial score (nSPS) is 21.3. The molecule has 0 N–H and O–H groups in total. The summed E-state index contributed by atoms with van der Waals surface area (Å²) in [5.41, 5.74) is -1.50. The van der Waals surface area contributed by atoms with E-state index < -0.39 is 58.5 Å². The zero-order valence-corrected chi connectivity index (χ0v) is 14.0. The van der Waals surface area contributed by atoms with Gasteiger partial charge in [0.15, 0.2) is 17.4 Å². The van der Waals surface area contributed by atoms with Gasteiger partial charge in [0.05, 0.1) is 18.6 Å². The molecule has 0 amide bonds. The Bertz CT molecular complexity index is 692. The molecule has 0 saturated heterocycles. The number of nitrogens with zero attached hydrogens (tertiary/aromatic N) is 1. The fraction of sp³-hybridized carbons (Fsp3) is 0.500. The number of benzene rings is 1. The summed E-state index contributed by atoms with van der Waals surface area (Å²) >= 11 is 0. The summed E-state index contributed by atoms with van der Waals surface area (Å²) in [4.78, 5) is 16.6. The summed E-state index contributed by atoms with van der Waals surface area (Å²) in [5, 5.41) is 3.59. The SMILES string of the molecule is CO/N=C/C1C(C(=O)OCc2c(F)c(F)c(OC)c(F)c2F)C1(C)C. The minimum Gasteiger partial charge on any atom is -0.491 e. The van der Waals surface area contributed by atoms with Crippen LogP contribution < -0.4 is 4.74 Å². The van der Waals surface area contributed by atoms with Crippen LogP contribution in [0.25, 0.3) is 0 Å². The Balaban J connectivity index is 2.15. The van der Waals surface area contributed by atoms with Gasteiger partial charge in [0.1, 0.15) is 13.7 Å². The zero-order valence-electron chi connectivity index (χ0n) is 14.0. The van der Waals surface area contributed by atoms with Crippen LogP contribution >= 0.6 is 0 Å². The summed E-state index contributed by atoms with van der Waals surface area (Å²) in [6.45, 7) is 2.60. The molecule has 1 aliphatic carbocycles. The predicted molar refractivity (Wildman–Crippen MR) is 78.9 cm³/mol. The Morgan fingerprint density at radius 3 is 2.16 bits per heavy atom. The summed E-state index contributed by atoms with van der Waals surface area (Å²) < 4.78 is 64.1. The maximum absolute atomic E-state index is 13.9. The minimum atomic E-state index is -1.69. The first-order valence-electron chi connectivity index (χ1n) is 7.30. The summed E-state index contributed by atoms with van der Waals surface area (Å²) in [6, 6.07) is 0. The fourth-order valence-corrected chi connectivity index (χ4v) is 2.73. The smallest absolute Gasteiger partial charge is 0.310 e. The van der Waals surface area contributed by atoms with Crippen molar-refractivity contribution in [2.75, 3.05) is 14.2 Å². The van der Waals surface area contributed by atoms with Crippen LogP contribution in [-0.2, 0) is 21.0 Å². The molecular weight excluding hydrogens is 346 g/mol. The summed E-state index contributed by atoms with van der Waals surface area (Å²) in [6.07, 6.45) is 1.43. The molecule has 0 aromatic heterocycles. The van der Waals surface area contributed by atoms with E-state index in [0.29, 0.717) is 0 Å². The molecule has 5 nitrogen and oxygen atoms in total. The second-order valence-corrected chi connectivity index (χ2v) is 6.14.